The maximum atomic E-state index is 6.62. The fourth-order valence-corrected chi connectivity index (χ4v) is 10.6. The Morgan fingerprint density at radius 1 is 0.308 bits per heavy atom. The van der Waals surface area contributed by atoms with Crippen LogP contribution in [-0.4, -0.2) is 29.1 Å². The molecule has 0 saturated carbocycles. The minimum atomic E-state index is 0.0816. The number of ether oxygens (including phenoxy) is 2. The Kier molecular flexibility index (Phi) is 11.8. The lowest BCUT2D eigenvalue weighted by atomic mass is 9.86. The number of pyridine rings is 2. The first-order valence-corrected chi connectivity index (χ1v) is 26.5. The molecule has 0 aliphatic carbocycles. The van der Waals surface area contributed by atoms with E-state index < -0.39 is 0 Å². The third-order valence-electron chi connectivity index (χ3n) is 14.8. The average molecular weight is 1010 g/mol. The van der Waals surface area contributed by atoms with E-state index in [0.29, 0.717) is 23.0 Å². The first kappa shape index (κ1) is 48.0. The standard InChI is InChI=1S/C70H56N6O2/c1-69(2,3)51-25-21-45(22-26-51)47-33-35-71-67(39-47)75-63-19-9-7-17-57(63)59-31-29-55(41-65(59)75)77-53-15-11-13-49(37-53)61-43-74-62(44-73-61)50-14-12-16-54(38-50)78-56-30-32-60-58-18-8-10-20-64(58)76(66(60)42-56)68-40-48(34-36-72-68)46-23-27-52(28-24-46)70(4,5)6/h7-44H,1-6H3. The first-order valence-electron chi connectivity index (χ1n) is 26.5. The summed E-state index contributed by atoms with van der Waals surface area (Å²) in [4.78, 5) is 19.6. The van der Waals surface area contributed by atoms with Gasteiger partial charge in [0.1, 0.15) is 34.6 Å². The van der Waals surface area contributed by atoms with Crippen LogP contribution in [0.3, 0.4) is 0 Å². The van der Waals surface area contributed by atoms with E-state index in [0.717, 1.165) is 100 Å². The van der Waals surface area contributed by atoms with Crippen LogP contribution in [0.2, 0.25) is 0 Å². The van der Waals surface area contributed by atoms with Crippen molar-refractivity contribution < 1.29 is 9.47 Å². The monoisotopic (exact) mass is 1010 g/mol. The zero-order chi connectivity index (χ0) is 53.1. The Balaban J connectivity index is 0.746. The predicted octanol–water partition coefficient (Wildman–Crippen LogP) is 18.3. The number of aromatic nitrogens is 6. The molecule has 5 heterocycles. The number of hydrogen-bond donors (Lipinski definition) is 0. The Bertz CT molecular complexity index is 4100. The molecule has 13 aromatic rings. The molecule has 78 heavy (non-hydrogen) atoms. The zero-order valence-electron chi connectivity index (χ0n) is 44.4. The van der Waals surface area contributed by atoms with E-state index in [1.807, 2.05) is 85.5 Å². The van der Waals surface area contributed by atoms with Gasteiger partial charge in [-0.2, -0.15) is 0 Å². The zero-order valence-corrected chi connectivity index (χ0v) is 44.4. The third-order valence-corrected chi connectivity index (χ3v) is 14.8. The second-order valence-electron chi connectivity index (χ2n) is 22.1. The molecule has 0 saturated heterocycles. The lowest BCUT2D eigenvalue weighted by Crippen LogP contribution is -2.10. The number of nitrogens with zero attached hydrogens (tertiary/aromatic N) is 6. The van der Waals surface area contributed by atoms with Crippen molar-refractivity contribution in [2.45, 2.75) is 52.4 Å². The molecule has 13 rings (SSSR count). The Morgan fingerprint density at radius 3 is 1.12 bits per heavy atom. The molecule has 0 aliphatic heterocycles. The van der Waals surface area contributed by atoms with Gasteiger partial charge in [0.25, 0.3) is 0 Å². The van der Waals surface area contributed by atoms with E-state index in [2.05, 4.69) is 196 Å². The van der Waals surface area contributed by atoms with Crippen molar-refractivity contribution in [1.82, 2.24) is 29.1 Å². The molecule has 8 heteroatoms. The molecule has 0 unspecified atom stereocenters. The van der Waals surface area contributed by atoms with Crippen LogP contribution in [-0.2, 0) is 10.8 Å². The molecule has 8 aromatic carbocycles. The van der Waals surface area contributed by atoms with Gasteiger partial charge in [-0.25, -0.2) is 9.97 Å². The fraction of sp³-hybridized carbons (Fsp3) is 0.114. The van der Waals surface area contributed by atoms with Gasteiger partial charge in [-0.15, -0.1) is 0 Å². The molecular formula is C70H56N6O2. The molecule has 0 bridgehead atoms. The Hall–Kier alpha value is -9.66. The van der Waals surface area contributed by atoms with Crippen LogP contribution in [0.1, 0.15) is 52.7 Å². The molecule has 0 fully saturated rings. The van der Waals surface area contributed by atoms with Crippen molar-refractivity contribution >= 4 is 43.6 Å². The van der Waals surface area contributed by atoms with Crippen molar-refractivity contribution in [3.8, 4) is 79.4 Å². The van der Waals surface area contributed by atoms with Crippen LogP contribution in [0.4, 0.5) is 0 Å². The van der Waals surface area contributed by atoms with Crippen LogP contribution in [0, 0.1) is 0 Å². The molecule has 0 amide bonds. The molecular weight excluding hydrogens is 957 g/mol. The van der Waals surface area contributed by atoms with Crippen molar-refractivity contribution in [3.05, 3.63) is 242 Å². The summed E-state index contributed by atoms with van der Waals surface area (Å²) in [5.41, 5.74) is 14.7. The maximum absolute atomic E-state index is 6.62. The molecule has 0 spiro atoms. The van der Waals surface area contributed by atoms with Crippen LogP contribution in [0.25, 0.3) is 100 Å². The number of fused-ring (bicyclic) bond motifs is 6. The summed E-state index contributed by atoms with van der Waals surface area (Å²) in [6.07, 6.45) is 7.41. The molecule has 0 aliphatic rings. The van der Waals surface area contributed by atoms with Gasteiger partial charge in [0.2, 0.25) is 0 Å². The minimum absolute atomic E-state index is 0.0816. The van der Waals surface area contributed by atoms with Crippen molar-refractivity contribution in [2.75, 3.05) is 0 Å². The number of rotatable bonds is 10. The Morgan fingerprint density at radius 2 is 0.705 bits per heavy atom. The highest BCUT2D eigenvalue weighted by Gasteiger charge is 2.19. The van der Waals surface area contributed by atoms with Gasteiger partial charge in [-0.05, 0) is 129 Å². The molecule has 0 atom stereocenters. The highest BCUT2D eigenvalue weighted by molar-refractivity contribution is 6.10. The van der Waals surface area contributed by atoms with Gasteiger partial charge in [0.15, 0.2) is 0 Å². The SMILES string of the molecule is CC(C)(C)c1ccc(-c2ccnc(-n3c4ccccc4c4ccc(Oc5cccc(-c6cnc(-c7cccc(Oc8ccc9c%10ccccc%10n(-c%10cc(-c%11ccc(C(C)(C)C)cc%11)ccn%10)c9c8)c7)cn6)c5)cc43)c2)cc1. The van der Waals surface area contributed by atoms with Crippen molar-refractivity contribution in [3.63, 3.8) is 0 Å². The average Bonchev–Trinajstić information content (AvgIpc) is 4.12. The van der Waals surface area contributed by atoms with Crippen LogP contribution in [0.5, 0.6) is 23.0 Å². The normalized spacial score (nSPS) is 12.0. The summed E-state index contributed by atoms with van der Waals surface area (Å²) in [5.74, 6) is 4.48. The summed E-state index contributed by atoms with van der Waals surface area (Å²) >= 11 is 0. The van der Waals surface area contributed by atoms with E-state index in [9.17, 15) is 0 Å². The first-order chi connectivity index (χ1) is 37.9. The lowest BCUT2D eigenvalue weighted by Gasteiger charge is -2.19. The van der Waals surface area contributed by atoms with E-state index in [1.165, 1.54) is 11.1 Å². The van der Waals surface area contributed by atoms with Gasteiger partial charge < -0.3 is 9.47 Å². The van der Waals surface area contributed by atoms with E-state index >= 15 is 0 Å². The summed E-state index contributed by atoms with van der Waals surface area (Å²) in [6, 6.07) is 71.6. The second-order valence-corrected chi connectivity index (χ2v) is 22.1. The third kappa shape index (κ3) is 9.11. The number of para-hydroxylation sites is 2. The van der Waals surface area contributed by atoms with E-state index in [4.69, 9.17) is 29.4 Å². The van der Waals surface area contributed by atoms with Gasteiger partial charge >= 0.3 is 0 Å². The maximum Gasteiger partial charge on any atom is 0.138 e. The van der Waals surface area contributed by atoms with E-state index in [-0.39, 0.29) is 10.8 Å². The minimum Gasteiger partial charge on any atom is -0.457 e. The van der Waals surface area contributed by atoms with Crippen molar-refractivity contribution in [1.29, 1.82) is 0 Å². The molecule has 0 radical (unpaired) electrons. The lowest BCUT2D eigenvalue weighted by molar-refractivity contribution is 0.483. The van der Waals surface area contributed by atoms with Crippen LogP contribution < -0.4 is 9.47 Å². The van der Waals surface area contributed by atoms with Crippen LogP contribution in [0.15, 0.2) is 231 Å². The number of benzene rings is 8. The highest BCUT2D eigenvalue weighted by atomic mass is 16.5. The summed E-state index contributed by atoms with van der Waals surface area (Å²) in [5, 5.41) is 4.54. The van der Waals surface area contributed by atoms with E-state index in [1.54, 1.807) is 0 Å². The summed E-state index contributed by atoms with van der Waals surface area (Å²) < 4.78 is 17.7. The van der Waals surface area contributed by atoms with Gasteiger partial charge in [0.05, 0.1) is 45.8 Å². The predicted molar refractivity (Wildman–Crippen MR) is 318 cm³/mol. The fourth-order valence-electron chi connectivity index (χ4n) is 10.6. The largest absolute Gasteiger partial charge is 0.457 e. The van der Waals surface area contributed by atoms with Gasteiger partial charge in [0, 0.05) is 57.2 Å². The van der Waals surface area contributed by atoms with Gasteiger partial charge in [-0.1, -0.05) is 151 Å². The van der Waals surface area contributed by atoms with Gasteiger partial charge in [-0.3, -0.25) is 19.1 Å². The van der Waals surface area contributed by atoms with Crippen LogP contribution >= 0.6 is 0 Å². The number of hydrogen-bond acceptors (Lipinski definition) is 6. The molecule has 0 N–H and O–H groups in total. The molecule has 8 nitrogen and oxygen atoms in total. The topological polar surface area (TPSA) is 79.9 Å². The summed E-state index contributed by atoms with van der Waals surface area (Å²) in [6.45, 7) is 13.4. The Labute approximate surface area is 453 Å². The van der Waals surface area contributed by atoms with Crippen molar-refractivity contribution in [2.24, 2.45) is 0 Å². The quantitative estimate of drug-likeness (QED) is 0.136. The second kappa shape index (κ2) is 19.2. The smallest absolute Gasteiger partial charge is 0.138 e. The molecule has 378 valence electrons. The highest BCUT2D eigenvalue weighted by Crippen LogP contribution is 2.39. The summed E-state index contributed by atoms with van der Waals surface area (Å²) in [7, 11) is 0. The molecule has 5 aromatic heterocycles.